The number of rotatable bonds is 3. The Morgan fingerprint density at radius 1 is 1.08 bits per heavy atom. The lowest BCUT2D eigenvalue weighted by molar-refractivity contribution is 0.321. The van der Waals surface area contributed by atoms with Crippen LogP contribution in [0.2, 0.25) is 0 Å². The number of hydrogen-bond acceptors (Lipinski definition) is 3. The predicted octanol–water partition coefficient (Wildman–Crippen LogP) is 1.49. The maximum absolute atomic E-state index is 7.32. The zero-order valence-corrected chi connectivity index (χ0v) is 8.96. The fourth-order valence-electron chi connectivity index (χ4n) is 0.671. The molecule has 0 heterocycles. The largest absolute Gasteiger partial charge is 0.400 e. The molecule has 0 aromatic heterocycles. The highest BCUT2D eigenvalue weighted by atomic mass is 16.2. The van der Waals surface area contributed by atoms with E-state index in [1.54, 1.807) is 6.07 Å². The quantitative estimate of drug-likeness (QED) is 0.705. The smallest absolute Gasteiger partial charge is 0.0587 e. The molecule has 0 unspecified atom stereocenters. The van der Waals surface area contributed by atoms with Crippen molar-refractivity contribution in [2.45, 2.75) is 27.7 Å². The summed E-state index contributed by atoms with van der Waals surface area (Å²) in [5, 5.41) is 14.3. The van der Waals surface area contributed by atoms with Crippen LogP contribution in [0.4, 0.5) is 0 Å². The van der Waals surface area contributed by atoms with E-state index in [-0.39, 0.29) is 0 Å². The van der Waals surface area contributed by atoms with Crippen LogP contribution in [0, 0.1) is 11.3 Å². The Hall–Kier alpha value is -0.590. The zero-order valence-electron chi connectivity index (χ0n) is 8.96. The molecule has 0 radical (unpaired) electrons. The van der Waals surface area contributed by atoms with E-state index in [1.165, 1.54) is 26.6 Å². The van der Waals surface area contributed by atoms with E-state index in [4.69, 9.17) is 10.4 Å². The molecule has 74 valence electrons. The predicted molar refractivity (Wildman–Crippen MR) is 52.9 cm³/mol. The highest BCUT2D eigenvalue weighted by Gasteiger charge is 1.89. The van der Waals surface area contributed by atoms with Gasteiger partial charge in [-0.25, -0.2) is 0 Å². The van der Waals surface area contributed by atoms with Crippen molar-refractivity contribution >= 4 is 0 Å². The second-order valence-corrected chi connectivity index (χ2v) is 1.84. The van der Waals surface area contributed by atoms with Crippen molar-refractivity contribution in [2.24, 2.45) is 0 Å². The Balaban J connectivity index is -0.000000137. The van der Waals surface area contributed by atoms with Crippen LogP contribution in [0.3, 0.4) is 0 Å². The summed E-state index contributed by atoms with van der Waals surface area (Å²) < 4.78 is 0. The minimum atomic E-state index is 1.00. The molecule has 0 aliphatic heterocycles. The van der Waals surface area contributed by atoms with Gasteiger partial charge in [-0.15, -0.1) is 0 Å². The summed E-state index contributed by atoms with van der Waals surface area (Å²) in [5.41, 5.74) is 0. The Bertz CT molecular complexity index is 79.5. The average Bonchev–Trinajstić information content (AvgIpc) is 2.12. The van der Waals surface area contributed by atoms with Crippen LogP contribution in [0.15, 0.2) is 0 Å². The molecule has 0 bridgehead atoms. The van der Waals surface area contributed by atoms with Crippen LogP contribution in [-0.2, 0) is 0 Å². The lowest BCUT2D eigenvalue weighted by Crippen LogP contribution is -2.21. The summed E-state index contributed by atoms with van der Waals surface area (Å²) in [7, 11) is 1.00. The van der Waals surface area contributed by atoms with Gasteiger partial charge in [0.1, 0.15) is 0 Å². The molecule has 3 heteroatoms. The number of nitriles is 1. The number of hydrogen-bond donors (Lipinski definition) is 1. The first kappa shape index (κ1) is 17.5. The molecule has 0 aliphatic carbocycles. The highest BCUT2D eigenvalue weighted by molar-refractivity contribution is 4.51. The van der Waals surface area contributed by atoms with Gasteiger partial charge >= 0.3 is 0 Å². The van der Waals surface area contributed by atoms with E-state index in [2.05, 4.69) is 25.7 Å². The van der Waals surface area contributed by atoms with Crippen LogP contribution >= 0.6 is 0 Å². The summed E-state index contributed by atoms with van der Waals surface area (Å²) >= 11 is 0. The molecule has 12 heavy (non-hydrogen) atoms. The van der Waals surface area contributed by atoms with Crippen LogP contribution < -0.4 is 0 Å². The lowest BCUT2D eigenvalue weighted by atomic mass is 10.5. The topological polar surface area (TPSA) is 47.3 Å². The van der Waals surface area contributed by atoms with Gasteiger partial charge in [0, 0.05) is 14.0 Å². The van der Waals surface area contributed by atoms with Gasteiger partial charge in [0.15, 0.2) is 0 Å². The second-order valence-electron chi connectivity index (χ2n) is 1.84. The minimum Gasteiger partial charge on any atom is -0.400 e. The Labute approximate surface area is 76.6 Å². The Morgan fingerprint density at radius 3 is 1.25 bits per heavy atom. The van der Waals surface area contributed by atoms with Crippen molar-refractivity contribution in [3.63, 3.8) is 0 Å². The zero-order chi connectivity index (χ0) is 10.4. The number of aliphatic hydroxyl groups is 1. The van der Waals surface area contributed by atoms with Crippen molar-refractivity contribution in [2.75, 3.05) is 26.7 Å². The standard InChI is InChI=1S/C6H15N.C2H3N.CH4O/c1-4-7(5-2)6-3;1-2-3;1-2/h4-6H2,1-3H3;1H3;2H,1H3. The van der Waals surface area contributed by atoms with Gasteiger partial charge in [-0.3, -0.25) is 0 Å². The minimum absolute atomic E-state index is 1.00. The molecular formula is C9H22N2O. The molecule has 0 aromatic rings. The molecule has 3 nitrogen and oxygen atoms in total. The lowest BCUT2D eigenvalue weighted by Gasteiger charge is -2.13. The fourth-order valence-corrected chi connectivity index (χ4v) is 0.671. The number of aliphatic hydroxyl groups excluding tert-OH is 1. The van der Waals surface area contributed by atoms with E-state index in [0.29, 0.717) is 0 Å². The normalized spacial score (nSPS) is 7.17. The molecular weight excluding hydrogens is 152 g/mol. The third-order valence-corrected chi connectivity index (χ3v) is 1.34. The van der Waals surface area contributed by atoms with E-state index in [1.807, 2.05) is 0 Å². The molecule has 0 atom stereocenters. The monoisotopic (exact) mass is 174 g/mol. The first-order chi connectivity index (χ1) is 5.76. The molecule has 0 aromatic carbocycles. The third-order valence-electron chi connectivity index (χ3n) is 1.34. The van der Waals surface area contributed by atoms with Gasteiger partial charge in [0.2, 0.25) is 0 Å². The van der Waals surface area contributed by atoms with Crippen LogP contribution in [0.25, 0.3) is 0 Å². The molecule has 0 amide bonds. The maximum Gasteiger partial charge on any atom is 0.0587 e. The Morgan fingerprint density at radius 2 is 1.25 bits per heavy atom. The molecule has 0 spiro atoms. The number of nitrogens with zero attached hydrogens (tertiary/aromatic N) is 2. The van der Waals surface area contributed by atoms with Gasteiger partial charge in [-0.1, -0.05) is 20.8 Å². The van der Waals surface area contributed by atoms with Crippen LogP contribution in [0.5, 0.6) is 0 Å². The summed E-state index contributed by atoms with van der Waals surface area (Å²) in [6, 6.07) is 1.75. The highest BCUT2D eigenvalue weighted by Crippen LogP contribution is 1.81. The summed E-state index contributed by atoms with van der Waals surface area (Å²) in [6.45, 7) is 11.6. The second kappa shape index (κ2) is 22.4. The molecule has 0 saturated carbocycles. The van der Waals surface area contributed by atoms with Gasteiger partial charge in [0.05, 0.1) is 6.07 Å². The van der Waals surface area contributed by atoms with Crippen LogP contribution in [0.1, 0.15) is 27.7 Å². The van der Waals surface area contributed by atoms with Crippen molar-refractivity contribution in [1.29, 1.82) is 5.26 Å². The maximum atomic E-state index is 7.32. The van der Waals surface area contributed by atoms with Crippen molar-refractivity contribution in [1.82, 2.24) is 4.90 Å². The van der Waals surface area contributed by atoms with E-state index in [0.717, 1.165) is 7.11 Å². The van der Waals surface area contributed by atoms with Gasteiger partial charge < -0.3 is 10.0 Å². The van der Waals surface area contributed by atoms with Gasteiger partial charge in [0.25, 0.3) is 0 Å². The molecule has 0 fully saturated rings. The van der Waals surface area contributed by atoms with Crippen LogP contribution in [-0.4, -0.2) is 36.8 Å². The first-order valence-electron chi connectivity index (χ1n) is 4.24. The Kier molecular flexibility index (Phi) is 32.7. The molecule has 0 saturated heterocycles. The summed E-state index contributed by atoms with van der Waals surface area (Å²) in [4.78, 5) is 2.38. The average molecular weight is 174 g/mol. The molecule has 1 N–H and O–H groups in total. The van der Waals surface area contributed by atoms with E-state index < -0.39 is 0 Å². The molecule has 0 aliphatic rings. The van der Waals surface area contributed by atoms with E-state index in [9.17, 15) is 0 Å². The van der Waals surface area contributed by atoms with Gasteiger partial charge in [-0.2, -0.15) is 5.26 Å². The van der Waals surface area contributed by atoms with Crippen molar-refractivity contribution < 1.29 is 5.11 Å². The fraction of sp³-hybridized carbons (Fsp3) is 0.889. The van der Waals surface area contributed by atoms with Crippen molar-refractivity contribution in [3.8, 4) is 6.07 Å². The van der Waals surface area contributed by atoms with Crippen molar-refractivity contribution in [3.05, 3.63) is 0 Å². The van der Waals surface area contributed by atoms with Gasteiger partial charge in [-0.05, 0) is 19.6 Å². The molecule has 0 rings (SSSR count). The van der Waals surface area contributed by atoms with E-state index >= 15 is 0 Å². The first-order valence-corrected chi connectivity index (χ1v) is 4.24. The summed E-state index contributed by atoms with van der Waals surface area (Å²) in [6.07, 6.45) is 0. The SMILES string of the molecule is CC#N.CCN(CC)CC.CO. The third kappa shape index (κ3) is 22.7. The summed E-state index contributed by atoms with van der Waals surface area (Å²) in [5.74, 6) is 0.